The van der Waals surface area contributed by atoms with Crippen molar-refractivity contribution in [3.63, 3.8) is 0 Å². The van der Waals surface area contributed by atoms with Crippen LogP contribution in [0.3, 0.4) is 0 Å². The molecule has 0 radical (unpaired) electrons. The number of anilines is 1. The van der Waals surface area contributed by atoms with Gasteiger partial charge in [-0.25, -0.2) is 0 Å². The zero-order chi connectivity index (χ0) is 21.5. The number of carbonyl (C=O) groups excluding carboxylic acids is 1. The molecule has 1 amide bonds. The molecule has 2 aromatic rings. The van der Waals surface area contributed by atoms with Gasteiger partial charge in [0.15, 0.2) is 0 Å². The van der Waals surface area contributed by atoms with E-state index in [1.54, 1.807) is 12.1 Å². The van der Waals surface area contributed by atoms with Gasteiger partial charge in [0, 0.05) is 55.1 Å². The number of nitrogens with one attached hydrogen (secondary N) is 2. The molecule has 2 N–H and O–H groups in total. The first-order valence-corrected chi connectivity index (χ1v) is 10.8. The molecule has 0 spiro atoms. The minimum atomic E-state index is -0.454. The summed E-state index contributed by atoms with van der Waals surface area (Å²) >= 11 is 7.13. The molecule has 1 saturated heterocycles. The molecule has 10 heteroatoms. The highest BCUT2D eigenvalue weighted by atomic mass is 35.5. The Morgan fingerprint density at radius 2 is 1.90 bits per heavy atom. The van der Waals surface area contributed by atoms with Gasteiger partial charge >= 0.3 is 0 Å². The van der Waals surface area contributed by atoms with Gasteiger partial charge in [0.05, 0.1) is 15.5 Å². The number of amides is 1. The zero-order valence-corrected chi connectivity index (χ0v) is 18.2. The van der Waals surface area contributed by atoms with Crippen molar-refractivity contribution in [1.82, 2.24) is 15.2 Å². The predicted octanol–water partition coefficient (Wildman–Crippen LogP) is 3.48. The van der Waals surface area contributed by atoms with Gasteiger partial charge in [0.2, 0.25) is 5.91 Å². The van der Waals surface area contributed by atoms with Crippen molar-refractivity contribution in [1.29, 1.82) is 0 Å². The van der Waals surface area contributed by atoms with Crippen LogP contribution in [0.5, 0.6) is 0 Å². The Labute approximate surface area is 184 Å². The van der Waals surface area contributed by atoms with Crippen LogP contribution in [-0.2, 0) is 4.79 Å². The van der Waals surface area contributed by atoms with Crippen LogP contribution < -0.4 is 10.9 Å². The summed E-state index contributed by atoms with van der Waals surface area (Å²) < 4.78 is 0. The fourth-order valence-electron chi connectivity index (χ4n) is 3.03. The number of rotatable bonds is 8. The first-order chi connectivity index (χ1) is 14.4. The van der Waals surface area contributed by atoms with Gasteiger partial charge in [0.1, 0.15) is 0 Å². The van der Waals surface area contributed by atoms with Crippen molar-refractivity contribution < 1.29 is 9.72 Å². The molecular formula is C20H24ClN5O3S. The largest absolute Gasteiger partial charge is 0.304 e. The Kier molecular flexibility index (Phi) is 7.92. The number of para-hydroxylation sites is 1. The molecule has 160 valence electrons. The monoisotopic (exact) mass is 449 g/mol. The molecule has 0 unspecified atom stereocenters. The molecule has 1 fully saturated rings. The number of nitro benzene ring substituents is 1. The number of nitro groups is 1. The van der Waals surface area contributed by atoms with Crippen molar-refractivity contribution >= 4 is 40.6 Å². The number of likely N-dealkylation sites (N-methyl/N-ethyl adjacent to an activating group) is 1. The van der Waals surface area contributed by atoms with Crippen LogP contribution in [0, 0.1) is 10.1 Å². The van der Waals surface area contributed by atoms with Crippen LogP contribution in [0.25, 0.3) is 0 Å². The van der Waals surface area contributed by atoms with Crippen molar-refractivity contribution in [2.24, 2.45) is 0 Å². The van der Waals surface area contributed by atoms with Crippen LogP contribution in [0.4, 0.5) is 11.4 Å². The number of halogens is 1. The zero-order valence-electron chi connectivity index (χ0n) is 16.6. The van der Waals surface area contributed by atoms with E-state index < -0.39 is 4.92 Å². The Morgan fingerprint density at radius 1 is 1.17 bits per heavy atom. The fraction of sp³-hybridized carbons (Fsp3) is 0.350. The molecule has 3 rings (SSSR count). The number of nitrogens with zero attached hydrogens (tertiary/aromatic N) is 3. The number of hydrogen-bond donors (Lipinski definition) is 2. The van der Waals surface area contributed by atoms with Crippen molar-refractivity contribution in [2.45, 2.75) is 16.2 Å². The molecule has 30 heavy (non-hydrogen) atoms. The first kappa shape index (κ1) is 22.4. The maximum Gasteiger partial charge on any atom is 0.284 e. The highest BCUT2D eigenvalue weighted by Gasteiger charge is 2.17. The van der Waals surface area contributed by atoms with E-state index in [4.69, 9.17) is 11.6 Å². The molecule has 1 aliphatic heterocycles. The normalized spacial score (nSPS) is 15.0. The Hall–Kier alpha value is -2.33. The number of benzene rings is 2. The Bertz CT molecular complexity index is 906. The molecule has 1 aliphatic rings. The summed E-state index contributed by atoms with van der Waals surface area (Å²) in [4.78, 5) is 28.9. The lowest BCUT2D eigenvalue weighted by molar-refractivity contribution is -0.387. The lowest BCUT2D eigenvalue weighted by Gasteiger charge is -2.32. The maximum atomic E-state index is 12.3. The number of carbonyl (C=O) groups is 1. The van der Waals surface area contributed by atoms with E-state index in [0.717, 1.165) is 31.1 Å². The minimum absolute atomic E-state index is 0.0569. The van der Waals surface area contributed by atoms with E-state index in [1.807, 2.05) is 24.3 Å². The predicted molar refractivity (Wildman–Crippen MR) is 119 cm³/mol. The average Bonchev–Trinajstić information content (AvgIpc) is 2.73. The second kappa shape index (κ2) is 10.6. The van der Waals surface area contributed by atoms with Gasteiger partial charge in [0.25, 0.3) is 5.69 Å². The topological polar surface area (TPSA) is 90.8 Å². The quantitative estimate of drug-likeness (QED) is 0.471. The highest BCUT2D eigenvalue weighted by molar-refractivity contribution is 7.99. The third kappa shape index (κ3) is 6.33. The maximum absolute atomic E-state index is 12.3. The SMILES string of the molecule is CN1CCN(CCC(=O)NNc2ccccc2Sc2ccc(Cl)cc2[N+](=O)[O-])CC1. The second-order valence-electron chi connectivity index (χ2n) is 7.04. The molecule has 0 aromatic heterocycles. The van der Waals surface area contributed by atoms with Crippen molar-refractivity contribution in [3.8, 4) is 0 Å². The third-order valence-corrected chi connectivity index (χ3v) is 6.19. The van der Waals surface area contributed by atoms with Crippen molar-refractivity contribution in [3.05, 3.63) is 57.6 Å². The average molecular weight is 450 g/mol. The van der Waals surface area contributed by atoms with Crippen LogP contribution in [0.2, 0.25) is 5.02 Å². The molecule has 0 aliphatic carbocycles. The molecule has 2 aromatic carbocycles. The Balaban J connectivity index is 1.58. The number of hydrazine groups is 1. The Morgan fingerprint density at radius 3 is 2.63 bits per heavy atom. The fourth-order valence-corrected chi connectivity index (χ4v) is 4.18. The first-order valence-electron chi connectivity index (χ1n) is 9.59. The lowest BCUT2D eigenvalue weighted by atomic mass is 10.3. The van der Waals surface area contributed by atoms with E-state index in [0.29, 0.717) is 28.6 Å². The standard InChI is InChI=1S/C20H24ClN5O3S/c1-24-10-12-25(13-11-24)9-8-20(27)23-22-16-4-2-3-5-18(16)30-19-7-6-15(21)14-17(19)26(28)29/h2-7,14,22H,8-13H2,1H3,(H,23,27). The van der Waals surface area contributed by atoms with Gasteiger partial charge in [-0.1, -0.05) is 35.5 Å². The van der Waals surface area contributed by atoms with Crippen LogP contribution >= 0.6 is 23.4 Å². The number of piperazine rings is 1. The summed E-state index contributed by atoms with van der Waals surface area (Å²) in [5.74, 6) is -0.105. The number of hydrogen-bond acceptors (Lipinski definition) is 7. The van der Waals surface area contributed by atoms with E-state index in [2.05, 4.69) is 27.7 Å². The summed E-state index contributed by atoms with van der Waals surface area (Å²) in [6.45, 7) is 4.68. The second-order valence-corrected chi connectivity index (χ2v) is 8.56. The van der Waals surface area contributed by atoms with Gasteiger partial charge in [-0.15, -0.1) is 0 Å². The van der Waals surface area contributed by atoms with Crippen molar-refractivity contribution in [2.75, 3.05) is 45.2 Å². The minimum Gasteiger partial charge on any atom is -0.304 e. The van der Waals surface area contributed by atoms with Crippen LogP contribution in [0.1, 0.15) is 6.42 Å². The molecule has 0 saturated carbocycles. The van der Waals surface area contributed by atoms with Gasteiger partial charge in [-0.3, -0.25) is 25.8 Å². The molecular weight excluding hydrogens is 426 g/mol. The van der Waals surface area contributed by atoms with Gasteiger partial charge < -0.3 is 9.80 Å². The van der Waals surface area contributed by atoms with Crippen LogP contribution in [-0.4, -0.2) is 60.4 Å². The summed E-state index contributed by atoms with van der Waals surface area (Å²) in [5.41, 5.74) is 6.28. The van der Waals surface area contributed by atoms with E-state index in [-0.39, 0.29) is 11.6 Å². The molecule has 0 atom stereocenters. The molecule has 0 bridgehead atoms. The summed E-state index contributed by atoms with van der Waals surface area (Å²) in [7, 11) is 2.10. The summed E-state index contributed by atoms with van der Waals surface area (Å²) in [5, 5.41) is 11.6. The molecule has 1 heterocycles. The molecule has 8 nitrogen and oxygen atoms in total. The van der Waals surface area contributed by atoms with E-state index in [9.17, 15) is 14.9 Å². The van der Waals surface area contributed by atoms with E-state index >= 15 is 0 Å². The highest BCUT2D eigenvalue weighted by Crippen LogP contribution is 2.39. The lowest BCUT2D eigenvalue weighted by Crippen LogP contribution is -2.45. The summed E-state index contributed by atoms with van der Waals surface area (Å²) in [6, 6.07) is 11.9. The third-order valence-electron chi connectivity index (χ3n) is 4.81. The van der Waals surface area contributed by atoms with Crippen LogP contribution in [0.15, 0.2) is 52.3 Å². The van der Waals surface area contributed by atoms with Gasteiger partial charge in [-0.2, -0.15) is 0 Å². The summed E-state index contributed by atoms with van der Waals surface area (Å²) in [6.07, 6.45) is 0.398. The smallest absolute Gasteiger partial charge is 0.284 e. The van der Waals surface area contributed by atoms with Gasteiger partial charge in [-0.05, 0) is 31.3 Å². The van der Waals surface area contributed by atoms with E-state index in [1.165, 1.54) is 17.8 Å².